The molecule has 5 heteroatoms. The van der Waals surface area contributed by atoms with Gasteiger partial charge in [0.15, 0.2) is 0 Å². The lowest BCUT2D eigenvalue weighted by Gasteiger charge is -2.35. The number of amides is 2. The van der Waals surface area contributed by atoms with Crippen molar-refractivity contribution in [3.63, 3.8) is 0 Å². The molecule has 2 amide bonds. The summed E-state index contributed by atoms with van der Waals surface area (Å²) in [5.41, 5.74) is 4.48. The van der Waals surface area contributed by atoms with Crippen LogP contribution in [-0.4, -0.2) is 47.0 Å². The van der Waals surface area contributed by atoms with Gasteiger partial charge in [0.2, 0.25) is 0 Å². The van der Waals surface area contributed by atoms with Gasteiger partial charge in [-0.25, -0.2) is 4.79 Å². The number of hydrogen-bond donors (Lipinski definition) is 1. The third-order valence-corrected chi connectivity index (χ3v) is 5.07. The summed E-state index contributed by atoms with van der Waals surface area (Å²) in [6, 6.07) is 22.1. The Hall–Kier alpha value is -3.18. The molecule has 1 aliphatic heterocycles. The molecule has 1 aliphatic rings. The number of anilines is 1. The van der Waals surface area contributed by atoms with Gasteiger partial charge in [-0.1, -0.05) is 48.5 Å². The number of para-hydroxylation sites is 1. The molecule has 28 heavy (non-hydrogen) atoms. The molecule has 1 N–H and O–H groups in total. The zero-order chi connectivity index (χ0) is 19.2. The molecule has 0 atom stereocenters. The molecular formula is C23H24N4O. The second-order valence-corrected chi connectivity index (χ2v) is 6.96. The van der Waals surface area contributed by atoms with Gasteiger partial charge in [0, 0.05) is 56.4 Å². The van der Waals surface area contributed by atoms with Gasteiger partial charge < -0.3 is 10.2 Å². The van der Waals surface area contributed by atoms with Crippen molar-refractivity contribution in [3.8, 4) is 11.1 Å². The smallest absolute Gasteiger partial charge is 0.321 e. The maximum absolute atomic E-state index is 12.5. The maximum atomic E-state index is 12.5. The molecule has 0 saturated carbocycles. The number of carbonyl (C=O) groups is 1. The van der Waals surface area contributed by atoms with E-state index in [0.717, 1.165) is 44.0 Å². The lowest BCUT2D eigenvalue weighted by Crippen LogP contribution is -2.49. The van der Waals surface area contributed by atoms with Crippen LogP contribution in [-0.2, 0) is 6.54 Å². The summed E-state index contributed by atoms with van der Waals surface area (Å²) in [5.74, 6) is 0. The predicted molar refractivity (Wildman–Crippen MR) is 112 cm³/mol. The summed E-state index contributed by atoms with van der Waals surface area (Å²) in [7, 11) is 0. The molecule has 1 fully saturated rings. The number of nitrogens with one attached hydrogen (secondary N) is 1. The minimum atomic E-state index is -0.0263. The number of carbonyl (C=O) groups excluding carboxylic acids is 1. The summed E-state index contributed by atoms with van der Waals surface area (Å²) in [6.07, 6.45) is 3.70. The molecule has 2 heterocycles. The van der Waals surface area contributed by atoms with Crippen LogP contribution in [0.5, 0.6) is 0 Å². The Kier molecular flexibility index (Phi) is 5.64. The van der Waals surface area contributed by atoms with Gasteiger partial charge in [0.1, 0.15) is 0 Å². The van der Waals surface area contributed by atoms with Crippen molar-refractivity contribution in [1.82, 2.24) is 14.8 Å². The number of pyridine rings is 1. The van der Waals surface area contributed by atoms with Crippen molar-refractivity contribution in [2.75, 3.05) is 31.5 Å². The van der Waals surface area contributed by atoms with Crippen molar-refractivity contribution < 1.29 is 4.79 Å². The zero-order valence-corrected chi connectivity index (χ0v) is 15.8. The van der Waals surface area contributed by atoms with Crippen LogP contribution >= 0.6 is 0 Å². The molecule has 0 spiro atoms. The molecule has 142 valence electrons. The van der Waals surface area contributed by atoms with Crippen LogP contribution in [0.4, 0.5) is 10.5 Å². The predicted octanol–water partition coefficient (Wildman–Crippen LogP) is 4.10. The van der Waals surface area contributed by atoms with Gasteiger partial charge in [-0.2, -0.15) is 0 Å². The van der Waals surface area contributed by atoms with E-state index in [1.54, 1.807) is 6.20 Å². The minimum absolute atomic E-state index is 0.0263. The maximum Gasteiger partial charge on any atom is 0.321 e. The summed E-state index contributed by atoms with van der Waals surface area (Å²) in [5, 5.41) is 2.97. The highest BCUT2D eigenvalue weighted by molar-refractivity contribution is 5.89. The molecule has 0 aliphatic carbocycles. The fourth-order valence-corrected chi connectivity index (χ4v) is 3.54. The molecule has 2 aromatic carbocycles. The summed E-state index contributed by atoms with van der Waals surface area (Å²) in [4.78, 5) is 21.0. The van der Waals surface area contributed by atoms with Crippen molar-refractivity contribution in [1.29, 1.82) is 0 Å². The van der Waals surface area contributed by atoms with Gasteiger partial charge >= 0.3 is 6.03 Å². The van der Waals surface area contributed by atoms with Crippen LogP contribution in [0.15, 0.2) is 79.1 Å². The van der Waals surface area contributed by atoms with E-state index >= 15 is 0 Å². The Bertz CT molecular complexity index is 906. The average Bonchev–Trinajstić information content (AvgIpc) is 2.76. The van der Waals surface area contributed by atoms with E-state index in [0.29, 0.717) is 0 Å². The van der Waals surface area contributed by atoms with E-state index in [2.05, 4.69) is 45.5 Å². The fraction of sp³-hybridized carbons (Fsp3) is 0.217. The van der Waals surface area contributed by atoms with Crippen molar-refractivity contribution in [2.24, 2.45) is 0 Å². The highest BCUT2D eigenvalue weighted by Gasteiger charge is 2.21. The Morgan fingerprint density at radius 2 is 1.64 bits per heavy atom. The van der Waals surface area contributed by atoms with Crippen molar-refractivity contribution in [3.05, 3.63) is 84.7 Å². The van der Waals surface area contributed by atoms with Gasteiger partial charge in [-0.05, 0) is 29.3 Å². The summed E-state index contributed by atoms with van der Waals surface area (Å²) >= 11 is 0. The van der Waals surface area contributed by atoms with E-state index < -0.39 is 0 Å². The van der Waals surface area contributed by atoms with E-state index in [9.17, 15) is 4.79 Å². The third-order valence-electron chi connectivity index (χ3n) is 5.07. The van der Waals surface area contributed by atoms with E-state index in [1.165, 1.54) is 11.1 Å². The van der Waals surface area contributed by atoms with Gasteiger partial charge in [0.05, 0.1) is 0 Å². The first-order valence-corrected chi connectivity index (χ1v) is 9.61. The molecule has 1 saturated heterocycles. The molecule has 0 unspecified atom stereocenters. The van der Waals surface area contributed by atoms with Gasteiger partial charge in [0.25, 0.3) is 0 Å². The first-order chi connectivity index (χ1) is 13.8. The first-order valence-electron chi connectivity index (χ1n) is 9.61. The number of nitrogens with zero attached hydrogens (tertiary/aromatic N) is 3. The van der Waals surface area contributed by atoms with E-state index in [1.807, 2.05) is 47.5 Å². The second-order valence-electron chi connectivity index (χ2n) is 6.96. The van der Waals surface area contributed by atoms with Crippen LogP contribution in [0.2, 0.25) is 0 Å². The number of piperazine rings is 1. The molecule has 1 aromatic heterocycles. The number of benzene rings is 2. The lowest BCUT2D eigenvalue weighted by atomic mass is 10.0. The monoisotopic (exact) mass is 372 g/mol. The van der Waals surface area contributed by atoms with E-state index in [4.69, 9.17) is 0 Å². The Balaban J connectivity index is 1.36. The van der Waals surface area contributed by atoms with Crippen LogP contribution in [0, 0.1) is 0 Å². The van der Waals surface area contributed by atoms with Crippen molar-refractivity contribution >= 4 is 11.7 Å². The number of rotatable bonds is 4. The van der Waals surface area contributed by atoms with Crippen LogP contribution in [0.25, 0.3) is 11.1 Å². The summed E-state index contributed by atoms with van der Waals surface area (Å²) in [6.45, 7) is 4.06. The van der Waals surface area contributed by atoms with E-state index in [-0.39, 0.29) is 6.03 Å². The van der Waals surface area contributed by atoms with Crippen LogP contribution < -0.4 is 5.32 Å². The largest absolute Gasteiger partial charge is 0.322 e. The molecule has 5 nitrogen and oxygen atoms in total. The highest BCUT2D eigenvalue weighted by atomic mass is 16.2. The SMILES string of the molecule is O=C(Nc1ccccc1)N1CCN(Cc2ccccc2-c2cccnc2)CC1. The molecule has 3 aromatic rings. The molecular weight excluding hydrogens is 348 g/mol. The third kappa shape index (κ3) is 4.38. The molecule has 0 radical (unpaired) electrons. The van der Waals surface area contributed by atoms with Gasteiger partial charge in [-0.3, -0.25) is 9.88 Å². The quantitative estimate of drug-likeness (QED) is 0.750. The number of urea groups is 1. The highest BCUT2D eigenvalue weighted by Crippen LogP contribution is 2.24. The standard InChI is InChI=1S/C23H24N4O/c28-23(25-21-9-2-1-3-10-21)27-15-13-26(14-16-27)18-20-7-4-5-11-22(20)19-8-6-12-24-17-19/h1-12,17H,13-16,18H2,(H,25,28). The first kappa shape index (κ1) is 18.2. The van der Waals surface area contributed by atoms with Crippen LogP contribution in [0.3, 0.4) is 0 Å². The van der Waals surface area contributed by atoms with Crippen molar-refractivity contribution in [2.45, 2.75) is 6.54 Å². The Morgan fingerprint density at radius 1 is 0.893 bits per heavy atom. The molecule has 4 rings (SSSR count). The minimum Gasteiger partial charge on any atom is -0.322 e. The summed E-state index contributed by atoms with van der Waals surface area (Å²) < 4.78 is 0. The molecule has 0 bridgehead atoms. The average molecular weight is 372 g/mol. The normalized spacial score (nSPS) is 14.6. The number of hydrogen-bond acceptors (Lipinski definition) is 3. The number of aromatic nitrogens is 1. The Labute approximate surface area is 165 Å². The zero-order valence-electron chi connectivity index (χ0n) is 15.8. The van der Waals surface area contributed by atoms with Crippen LogP contribution in [0.1, 0.15) is 5.56 Å². The lowest BCUT2D eigenvalue weighted by molar-refractivity contribution is 0.143. The fourth-order valence-electron chi connectivity index (χ4n) is 3.54. The Morgan fingerprint density at radius 3 is 2.39 bits per heavy atom. The van der Waals surface area contributed by atoms with Gasteiger partial charge in [-0.15, -0.1) is 0 Å². The second kappa shape index (κ2) is 8.67. The topological polar surface area (TPSA) is 48.5 Å².